The second kappa shape index (κ2) is 4.47. The zero-order valence-corrected chi connectivity index (χ0v) is 9.79. The molecule has 90 valence electrons. The van der Waals surface area contributed by atoms with Gasteiger partial charge in [0.1, 0.15) is 11.9 Å². The third-order valence-electron chi connectivity index (χ3n) is 2.75. The van der Waals surface area contributed by atoms with Gasteiger partial charge in [-0.2, -0.15) is 5.10 Å². The van der Waals surface area contributed by atoms with Crippen LogP contribution < -0.4 is 10.5 Å². The number of methoxy groups -OCH3 is 1. The molecule has 0 radical (unpaired) electrons. The van der Waals surface area contributed by atoms with E-state index in [9.17, 15) is 5.11 Å². The summed E-state index contributed by atoms with van der Waals surface area (Å²) in [7, 11) is 3.32. The molecular weight excluding hydrogens is 218 g/mol. The first kappa shape index (κ1) is 11.5. The number of benzene rings is 1. The molecule has 1 aromatic carbocycles. The van der Waals surface area contributed by atoms with Gasteiger partial charge in [0, 0.05) is 18.8 Å². The Labute approximate surface area is 99.4 Å². The summed E-state index contributed by atoms with van der Waals surface area (Å²) < 4.78 is 6.74. The molecule has 3 N–H and O–H groups in total. The Hall–Kier alpha value is -2.01. The minimum absolute atomic E-state index is 0.448. The molecule has 5 nitrogen and oxygen atoms in total. The fraction of sp³-hybridized carbons (Fsp3) is 0.250. The first-order valence-corrected chi connectivity index (χ1v) is 5.23. The minimum Gasteiger partial charge on any atom is -0.495 e. The molecule has 0 amide bonds. The lowest BCUT2D eigenvalue weighted by atomic mass is 10.0. The monoisotopic (exact) mass is 233 g/mol. The lowest BCUT2D eigenvalue weighted by molar-refractivity contribution is 0.210. The molecule has 0 spiro atoms. The van der Waals surface area contributed by atoms with Crippen LogP contribution in [0, 0.1) is 0 Å². The number of hydrogen-bond acceptors (Lipinski definition) is 4. The number of aromatic nitrogens is 2. The van der Waals surface area contributed by atoms with Gasteiger partial charge < -0.3 is 15.6 Å². The first-order chi connectivity index (χ1) is 8.15. The normalized spacial score (nSPS) is 12.4. The molecule has 1 unspecified atom stereocenters. The number of anilines is 1. The smallest absolute Gasteiger partial charge is 0.142 e. The summed E-state index contributed by atoms with van der Waals surface area (Å²) in [6, 6.07) is 7.08. The van der Waals surface area contributed by atoms with Crippen molar-refractivity contribution in [3.63, 3.8) is 0 Å². The Morgan fingerprint density at radius 1 is 1.41 bits per heavy atom. The molecule has 0 saturated carbocycles. The molecule has 2 rings (SSSR count). The lowest BCUT2D eigenvalue weighted by Crippen LogP contribution is -2.09. The number of nitrogen functional groups attached to an aromatic ring is 1. The van der Waals surface area contributed by atoms with E-state index in [1.165, 1.54) is 0 Å². The highest BCUT2D eigenvalue weighted by Gasteiger charge is 2.18. The number of ether oxygens (including phenoxy) is 1. The Kier molecular flexibility index (Phi) is 3.01. The zero-order valence-electron chi connectivity index (χ0n) is 9.79. The van der Waals surface area contributed by atoms with Gasteiger partial charge in [0.2, 0.25) is 0 Å². The number of aliphatic hydroxyl groups excluding tert-OH is 1. The van der Waals surface area contributed by atoms with E-state index >= 15 is 0 Å². The molecule has 0 fully saturated rings. The van der Waals surface area contributed by atoms with Crippen molar-refractivity contribution in [1.82, 2.24) is 9.78 Å². The van der Waals surface area contributed by atoms with E-state index in [-0.39, 0.29) is 0 Å². The van der Waals surface area contributed by atoms with Crippen LogP contribution in [0.25, 0.3) is 0 Å². The molecule has 0 bridgehead atoms. The largest absolute Gasteiger partial charge is 0.495 e. The van der Waals surface area contributed by atoms with E-state index in [1.54, 1.807) is 49.3 Å². The fourth-order valence-corrected chi connectivity index (χ4v) is 1.79. The van der Waals surface area contributed by atoms with Gasteiger partial charge in [-0.15, -0.1) is 0 Å². The van der Waals surface area contributed by atoms with Crippen molar-refractivity contribution in [2.24, 2.45) is 7.05 Å². The van der Waals surface area contributed by atoms with Crippen LogP contribution in [-0.4, -0.2) is 22.0 Å². The number of rotatable bonds is 3. The minimum atomic E-state index is -0.808. The van der Waals surface area contributed by atoms with E-state index in [4.69, 9.17) is 10.5 Å². The van der Waals surface area contributed by atoms with Crippen LogP contribution >= 0.6 is 0 Å². The van der Waals surface area contributed by atoms with Crippen LogP contribution in [-0.2, 0) is 7.05 Å². The summed E-state index contributed by atoms with van der Waals surface area (Å²) in [4.78, 5) is 0. The highest BCUT2D eigenvalue weighted by molar-refractivity contribution is 5.60. The third kappa shape index (κ3) is 1.97. The van der Waals surface area contributed by atoms with Gasteiger partial charge in [0.05, 0.1) is 18.5 Å². The highest BCUT2D eigenvalue weighted by Crippen LogP contribution is 2.32. The molecule has 2 aromatic rings. The Morgan fingerprint density at radius 2 is 2.18 bits per heavy atom. The van der Waals surface area contributed by atoms with Crippen molar-refractivity contribution in [2.45, 2.75) is 6.10 Å². The molecule has 0 aliphatic heterocycles. The van der Waals surface area contributed by atoms with Gasteiger partial charge >= 0.3 is 0 Å². The van der Waals surface area contributed by atoms with E-state index in [2.05, 4.69) is 5.10 Å². The molecule has 0 aliphatic carbocycles. The number of nitrogens with zero attached hydrogens (tertiary/aromatic N) is 2. The van der Waals surface area contributed by atoms with Gasteiger partial charge in [-0.3, -0.25) is 4.68 Å². The summed E-state index contributed by atoms with van der Waals surface area (Å²) in [5.41, 5.74) is 7.69. The summed E-state index contributed by atoms with van der Waals surface area (Å²) in [5, 5.41) is 14.3. The summed E-state index contributed by atoms with van der Waals surface area (Å²) in [5.74, 6) is 0.559. The van der Waals surface area contributed by atoms with Crippen LogP contribution in [0.5, 0.6) is 5.75 Å². The number of aliphatic hydroxyl groups is 1. The van der Waals surface area contributed by atoms with Crippen LogP contribution in [0.3, 0.4) is 0 Å². The van der Waals surface area contributed by atoms with Crippen molar-refractivity contribution in [2.75, 3.05) is 12.8 Å². The Balaban J connectivity index is 2.44. The Bertz CT molecular complexity index is 522. The number of nitrogens with two attached hydrogens (primary N) is 1. The molecule has 1 heterocycles. The molecule has 17 heavy (non-hydrogen) atoms. The van der Waals surface area contributed by atoms with E-state index in [0.29, 0.717) is 22.7 Å². The van der Waals surface area contributed by atoms with Crippen molar-refractivity contribution in [3.05, 3.63) is 41.7 Å². The number of para-hydroxylation sites is 1. The maximum absolute atomic E-state index is 10.3. The summed E-state index contributed by atoms with van der Waals surface area (Å²) in [6.07, 6.45) is 0.826. The van der Waals surface area contributed by atoms with Gasteiger partial charge in [-0.25, -0.2) is 0 Å². The molecule has 1 aromatic heterocycles. The molecule has 5 heteroatoms. The van der Waals surface area contributed by atoms with Crippen LogP contribution in [0.1, 0.15) is 17.4 Å². The van der Waals surface area contributed by atoms with Crippen molar-refractivity contribution < 1.29 is 9.84 Å². The van der Waals surface area contributed by atoms with Gasteiger partial charge in [-0.05, 0) is 12.1 Å². The van der Waals surface area contributed by atoms with Gasteiger partial charge in [0.15, 0.2) is 0 Å². The van der Waals surface area contributed by atoms with Crippen LogP contribution in [0.15, 0.2) is 30.5 Å². The van der Waals surface area contributed by atoms with E-state index < -0.39 is 6.10 Å². The SMILES string of the molecule is COc1cccc(C(O)c2ccnn2C)c1N. The van der Waals surface area contributed by atoms with Gasteiger partial charge in [0.25, 0.3) is 0 Å². The average Bonchev–Trinajstić information content (AvgIpc) is 2.75. The summed E-state index contributed by atoms with van der Waals surface area (Å²) in [6.45, 7) is 0. The second-order valence-electron chi connectivity index (χ2n) is 3.75. The van der Waals surface area contributed by atoms with Crippen molar-refractivity contribution in [1.29, 1.82) is 0 Å². The maximum atomic E-state index is 10.3. The average molecular weight is 233 g/mol. The molecular formula is C12H15N3O2. The third-order valence-corrected chi connectivity index (χ3v) is 2.75. The Morgan fingerprint density at radius 3 is 2.76 bits per heavy atom. The lowest BCUT2D eigenvalue weighted by Gasteiger charge is -2.15. The van der Waals surface area contributed by atoms with Crippen molar-refractivity contribution in [3.8, 4) is 5.75 Å². The quantitative estimate of drug-likeness (QED) is 0.778. The van der Waals surface area contributed by atoms with Gasteiger partial charge in [-0.1, -0.05) is 12.1 Å². The number of aryl methyl sites for hydroxylation is 1. The van der Waals surface area contributed by atoms with Crippen LogP contribution in [0.2, 0.25) is 0 Å². The van der Waals surface area contributed by atoms with E-state index in [0.717, 1.165) is 0 Å². The van der Waals surface area contributed by atoms with Crippen LogP contribution in [0.4, 0.5) is 5.69 Å². The predicted octanol–water partition coefficient (Wildman–Crippen LogP) is 1.09. The highest BCUT2D eigenvalue weighted by atomic mass is 16.5. The maximum Gasteiger partial charge on any atom is 0.142 e. The molecule has 0 aliphatic rings. The molecule has 1 atom stereocenters. The first-order valence-electron chi connectivity index (χ1n) is 5.23. The fourth-order valence-electron chi connectivity index (χ4n) is 1.79. The second-order valence-corrected chi connectivity index (χ2v) is 3.75. The summed E-state index contributed by atoms with van der Waals surface area (Å²) >= 11 is 0. The van der Waals surface area contributed by atoms with E-state index in [1.807, 2.05) is 0 Å². The standard InChI is InChI=1S/C12H15N3O2/c1-15-9(6-7-14-15)12(16)8-4-3-5-10(17-2)11(8)13/h3-7,12,16H,13H2,1-2H3. The predicted molar refractivity (Wildman–Crippen MR) is 64.7 cm³/mol. The molecule has 0 saturated heterocycles. The zero-order chi connectivity index (χ0) is 12.4. The topological polar surface area (TPSA) is 73.3 Å². The number of hydrogen-bond donors (Lipinski definition) is 2. The van der Waals surface area contributed by atoms with Crippen molar-refractivity contribution >= 4 is 5.69 Å².